The van der Waals surface area contributed by atoms with Gasteiger partial charge in [0.1, 0.15) is 0 Å². The lowest BCUT2D eigenvalue weighted by atomic mass is 10.0. The van der Waals surface area contributed by atoms with Gasteiger partial charge >= 0.3 is 6.03 Å². The van der Waals surface area contributed by atoms with E-state index < -0.39 is 6.03 Å². The highest BCUT2D eigenvalue weighted by molar-refractivity contribution is 5.91. The monoisotopic (exact) mass is 293 g/mol. The van der Waals surface area contributed by atoms with E-state index in [0.717, 1.165) is 12.8 Å². The number of carbonyl (C=O) groups is 2. The first-order valence-electron chi connectivity index (χ1n) is 7.04. The third-order valence-electron chi connectivity index (χ3n) is 4.15. The summed E-state index contributed by atoms with van der Waals surface area (Å²) in [4.78, 5) is 29.4. The number of primary amides is 1. The second-order valence-electron chi connectivity index (χ2n) is 5.48. The van der Waals surface area contributed by atoms with Gasteiger partial charge in [0.2, 0.25) is 0 Å². The van der Waals surface area contributed by atoms with E-state index in [2.05, 4.69) is 10.3 Å². The Hall–Kier alpha value is -2.09. The fraction of sp³-hybridized carbons (Fsp3) is 0.615. The van der Waals surface area contributed by atoms with Gasteiger partial charge in [0, 0.05) is 32.6 Å². The maximum Gasteiger partial charge on any atom is 0.315 e. The zero-order valence-electron chi connectivity index (χ0n) is 11.9. The first-order valence-corrected chi connectivity index (χ1v) is 7.04. The normalized spacial score (nSPS) is 28.2. The van der Waals surface area contributed by atoms with Crippen LogP contribution in [0.2, 0.25) is 0 Å². The molecule has 0 unspecified atom stereocenters. The number of urea groups is 1. The minimum Gasteiger partial charge on any atom is -0.374 e. The molecule has 0 radical (unpaired) electrons. The number of nitrogens with zero attached hydrogens (tertiary/aromatic N) is 3. The third-order valence-corrected chi connectivity index (χ3v) is 4.15. The van der Waals surface area contributed by atoms with Crippen LogP contribution in [0, 0.1) is 0 Å². The summed E-state index contributed by atoms with van der Waals surface area (Å²) in [7, 11) is 1.76. The first kappa shape index (κ1) is 13.9. The van der Waals surface area contributed by atoms with Crippen molar-refractivity contribution in [3.05, 3.63) is 18.2 Å². The second-order valence-corrected chi connectivity index (χ2v) is 5.48. The molecule has 1 aromatic heterocycles. The van der Waals surface area contributed by atoms with Crippen molar-refractivity contribution in [3.8, 4) is 0 Å². The first-order chi connectivity index (χ1) is 10.1. The largest absolute Gasteiger partial charge is 0.374 e. The molecule has 0 aliphatic carbocycles. The number of imidazole rings is 1. The average Bonchev–Trinajstić information content (AvgIpc) is 3.03. The Labute approximate surface area is 122 Å². The molecule has 0 aromatic carbocycles. The maximum absolute atomic E-state index is 12.2. The summed E-state index contributed by atoms with van der Waals surface area (Å²) in [5.41, 5.74) is 5.42. The number of ether oxygens (including phenoxy) is 1. The van der Waals surface area contributed by atoms with Crippen LogP contribution in [0.1, 0.15) is 23.5 Å². The van der Waals surface area contributed by atoms with E-state index >= 15 is 0 Å². The van der Waals surface area contributed by atoms with Crippen molar-refractivity contribution in [2.75, 3.05) is 13.2 Å². The number of fused-ring (bicyclic) bond motifs is 1. The summed E-state index contributed by atoms with van der Waals surface area (Å²) < 4.78 is 7.40. The Balaban J connectivity index is 1.74. The van der Waals surface area contributed by atoms with Gasteiger partial charge in [-0.3, -0.25) is 4.79 Å². The van der Waals surface area contributed by atoms with Crippen LogP contribution in [-0.4, -0.2) is 57.7 Å². The summed E-state index contributed by atoms with van der Waals surface area (Å²) >= 11 is 0. The number of nitrogens with two attached hydrogens (primary N) is 1. The molecule has 2 saturated heterocycles. The van der Waals surface area contributed by atoms with Gasteiger partial charge in [0.25, 0.3) is 5.91 Å². The van der Waals surface area contributed by atoms with E-state index in [1.807, 2.05) is 0 Å². The fourth-order valence-electron chi connectivity index (χ4n) is 3.15. The number of likely N-dealkylation sites (tertiary alicyclic amines) is 1. The van der Waals surface area contributed by atoms with E-state index in [-0.39, 0.29) is 24.1 Å². The van der Waals surface area contributed by atoms with Crippen molar-refractivity contribution in [2.24, 2.45) is 12.8 Å². The molecule has 3 N–H and O–H groups in total. The van der Waals surface area contributed by atoms with Crippen molar-refractivity contribution in [2.45, 2.75) is 31.0 Å². The third kappa shape index (κ3) is 2.46. The molecule has 3 heterocycles. The average molecular weight is 293 g/mol. The molecule has 3 amide bonds. The highest BCUT2D eigenvalue weighted by atomic mass is 16.5. The van der Waals surface area contributed by atoms with Gasteiger partial charge in [-0.15, -0.1) is 0 Å². The molecule has 0 bridgehead atoms. The van der Waals surface area contributed by atoms with E-state index in [4.69, 9.17) is 10.5 Å². The van der Waals surface area contributed by atoms with Gasteiger partial charge in [-0.25, -0.2) is 9.78 Å². The van der Waals surface area contributed by atoms with Gasteiger partial charge in [0.15, 0.2) is 5.82 Å². The van der Waals surface area contributed by atoms with E-state index in [9.17, 15) is 9.59 Å². The van der Waals surface area contributed by atoms with Crippen LogP contribution in [0.15, 0.2) is 12.4 Å². The van der Waals surface area contributed by atoms with Crippen LogP contribution in [0.3, 0.4) is 0 Å². The topological polar surface area (TPSA) is 102 Å². The van der Waals surface area contributed by atoms with Crippen LogP contribution in [0.25, 0.3) is 0 Å². The van der Waals surface area contributed by atoms with Gasteiger partial charge in [0.05, 0.1) is 18.2 Å². The Morgan fingerprint density at radius 2 is 2.33 bits per heavy atom. The Morgan fingerprint density at radius 1 is 1.52 bits per heavy atom. The van der Waals surface area contributed by atoms with Gasteiger partial charge in [-0.1, -0.05) is 0 Å². The maximum atomic E-state index is 12.2. The summed E-state index contributed by atoms with van der Waals surface area (Å²) in [5, 5.41) is 2.91. The summed E-state index contributed by atoms with van der Waals surface area (Å²) in [6.45, 7) is 1.02. The van der Waals surface area contributed by atoms with Crippen LogP contribution in [0.5, 0.6) is 0 Å². The highest BCUT2D eigenvalue weighted by Crippen LogP contribution is 2.28. The van der Waals surface area contributed by atoms with E-state index in [1.54, 1.807) is 28.9 Å². The molecule has 8 heteroatoms. The lowest BCUT2D eigenvalue weighted by Gasteiger charge is -2.31. The highest BCUT2D eigenvalue weighted by Gasteiger charge is 2.46. The van der Waals surface area contributed by atoms with Crippen LogP contribution < -0.4 is 11.1 Å². The van der Waals surface area contributed by atoms with E-state index in [0.29, 0.717) is 19.0 Å². The number of hydrogen-bond acceptors (Lipinski definition) is 4. The second kappa shape index (κ2) is 5.36. The van der Waals surface area contributed by atoms with Crippen molar-refractivity contribution in [3.63, 3.8) is 0 Å². The minimum absolute atomic E-state index is 0.0529. The molecule has 0 saturated carbocycles. The van der Waals surface area contributed by atoms with Crippen molar-refractivity contribution < 1.29 is 14.3 Å². The standard InChI is InChI=1S/C13H19N5O3/c1-17-5-4-15-11(17)12(19)16-8-7-18(13(14)20)9-3-2-6-21-10(8)9/h4-5,8-10H,2-3,6-7H2,1H3,(H2,14,20)(H,16,19)/t8-,9+,10+/m0/s1. The molecular weight excluding hydrogens is 274 g/mol. The predicted molar refractivity (Wildman–Crippen MR) is 73.5 cm³/mol. The zero-order valence-corrected chi connectivity index (χ0v) is 11.9. The number of aryl methyl sites for hydroxylation is 1. The molecule has 21 heavy (non-hydrogen) atoms. The number of aromatic nitrogens is 2. The van der Waals surface area contributed by atoms with Crippen molar-refractivity contribution >= 4 is 11.9 Å². The van der Waals surface area contributed by atoms with Crippen LogP contribution in [0.4, 0.5) is 4.79 Å². The fourth-order valence-corrected chi connectivity index (χ4v) is 3.15. The van der Waals surface area contributed by atoms with Gasteiger partial charge in [-0.2, -0.15) is 0 Å². The predicted octanol–water partition coefficient (Wildman–Crippen LogP) is -0.540. The van der Waals surface area contributed by atoms with Crippen LogP contribution in [-0.2, 0) is 11.8 Å². The van der Waals surface area contributed by atoms with Crippen LogP contribution >= 0.6 is 0 Å². The zero-order chi connectivity index (χ0) is 15.0. The number of amides is 3. The summed E-state index contributed by atoms with van der Waals surface area (Å²) in [6.07, 6.45) is 4.82. The lowest BCUT2D eigenvalue weighted by Crippen LogP contribution is -2.48. The lowest BCUT2D eigenvalue weighted by molar-refractivity contribution is -0.0141. The molecule has 1 aromatic rings. The SMILES string of the molecule is Cn1ccnc1C(=O)N[C@H]1CN(C(N)=O)[C@@H]2CCCO[C@H]12. The number of rotatable bonds is 2. The molecule has 2 aliphatic heterocycles. The van der Waals surface area contributed by atoms with Crippen molar-refractivity contribution in [1.82, 2.24) is 19.8 Å². The summed E-state index contributed by atoms with van der Waals surface area (Å²) in [6, 6.07) is -0.779. The number of nitrogens with one attached hydrogen (secondary N) is 1. The van der Waals surface area contributed by atoms with Gasteiger partial charge < -0.3 is 25.3 Å². The molecule has 2 fully saturated rings. The van der Waals surface area contributed by atoms with Gasteiger partial charge in [-0.05, 0) is 12.8 Å². The molecule has 8 nitrogen and oxygen atoms in total. The Kier molecular flexibility index (Phi) is 3.54. The number of hydrogen-bond donors (Lipinski definition) is 2. The summed E-state index contributed by atoms with van der Waals surface area (Å²) in [5.74, 6) is 0.0617. The molecule has 2 aliphatic rings. The number of carbonyl (C=O) groups excluding carboxylic acids is 2. The molecule has 114 valence electrons. The Bertz CT molecular complexity index is 558. The smallest absolute Gasteiger partial charge is 0.315 e. The minimum atomic E-state index is -0.468. The molecule has 3 atom stereocenters. The molecular formula is C13H19N5O3. The quantitative estimate of drug-likeness (QED) is 0.764. The van der Waals surface area contributed by atoms with Crippen molar-refractivity contribution in [1.29, 1.82) is 0 Å². The molecule has 0 spiro atoms. The Morgan fingerprint density at radius 3 is 3.00 bits per heavy atom. The van der Waals surface area contributed by atoms with E-state index in [1.165, 1.54) is 0 Å². The molecule has 3 rings (SSSR count).